The molecule has 0 aromatic carbocycles. The third-order valence-electron chi connectivity index (χ3n) is 5.19. The molecule has 6 nitrogen and oxygen atoms in total. The molecule has 3 heterocycles. The summed E-state index contributed by atoms with van der Waals surface area (Å²) in [5, 5.41) is 8.20. The van der Waals surface area contributed by atoms with Crippen LogP contribution in [0.1, 0.15) is 61.3 Å². The zero-order valence-corrected chi connectivity index (χ0v) is 14.8. The summed E-state index contributed by atoms with van der Waals surface area (Å²) in [6.45, 7) is 8.63. The van der Waals surface area contributed by atoms with Gasteiger partial charge in [-0.25, -0.2) is 0 Å². The van der Waals surface area contributed by atoms with Gasteiger partial charge in [0, 0.05) is 25.4 Å². The number of hydrogen-bond donors (Lipinski definition) is 0. The molecule has 24 heavy (non-hydrogen) atoms. The SMILES string of the molecule is CC[C@@]1(C)CCCN(C(=O)c2cc(Cn3cc(C)cn3)on2)CC1. The first-order valence-electron chi connectivity index (χ1n) is 8.73. The third-order valence-corrected chi connectivity index (χ3v) is 5.19. The van der Waals surface area contributed by atoms with Crippen LogP contribution in [-0.2, 0) is 6.54 Å². The Kier molecular flexibility index (Phi) is 4.73. The van der Waals surface area contributed by atoms with E-state index in [1.54, 1.807) is 16.9 Å². The minimum Gasteiger partial charge on any atom is -0.359 e. The summed E-state index contributed by atoms with van der Waals surface area (Å²) < 4.78 is 7.11. The molecule has 0 radical (unpaired) electrons. The van der Waals surface area contributed by atoms with E-state index in [4.69, 9.17) is 4.52 Å². The van der Waals surface area contributed by atoms with Gasteiger partial charge in [-0.1, -0.05) is 25.4 Å². The lowest BCUT2D eigenvalue weighted by molar-refractivity contribution is 0.0745. The van der Waals surface area contributed by atoms with Crippen LogP contribution in [0.5, 0.6) is 0 Å². The number of likely N-dealkylation sites (tertiary alicyclic amines) is 1. The van der Waals surface area contributed by atoms with Crippen molar-refractivity contribution in [1.29, 1.82) is 0 Å². The van der Waals surface area contributed by atoms with E-state index in [2.05, 4.69) is 24.1 Å². The predicted molar refractivity (Wildman–Crippen MR) is 90.7 cm³/mol. The molecule has 130 valence electrons. The summed E-state index contributed by atoms with van der Waals surface area (Å²) in [6, 6.07) is 1.74. The average Bonchev–Trinajstić information content (AvgIpc) is 3.14. The van der Waals surface area contributed by atoms with Crippen LogP contribution in [0.3, 0.4) is 0 Å². The van der Waals surface area contributed by atoms with Crippen LogP contribution in [-0.4, -0.2) is 38.8 Å². The lowest BCUT2D eigenvalue weighted by atomic mass is 9.80. The number of aryl methyl sites for hydroxylation is 1. The molecule has 1 aliphatic rings. The fraction of sp³-hybridized carbons (Fsp3) is 0.611. The molecule has 2 aromatic heterocycles. The summed E-state index contributed by atoms with van der Waals surface area (Å²) in [4.78, 5) is 14.6. The van der Waals surface area contributed by atoms with Gasteiger partial charge >= 0.3 is 0 Å². The fourth-order valence-electron chi connectivity index (χ4n) is 3.26. The molecule has 2 aromatic rings. The highest BCUT2D eigenvalue weighted by Gasteiger charge is 2.29. The molecule has 1 aliphatic heterocycles. The maximum Gasteiger partial charge on any atom is 0.276 e. The van der Waals surface area contributed by atoms with Crippen LogP contribution in [0.2, 0.25) is 0 Å². The summed E-state index contributed by atoms with van der Waals surface area (Å²) in [7, 11) is 0. The van der Waals surface area contributed by atoms with Crippen molar-refractivity contribution in [3.63, 3.8) is 0 Å². The lowest BCUT2D eigenvalue weighted by Crippen LogP contribution is -2.32. The van der Waals surface area contributed by atoms with Crippen molar-refractivity contribution in [2.75, 3.05) is 13.1 Å². The highest BCUT2D eigenvalue weighted by Crippen LogP contribution is 2.34. The number of carbonyl (C=O) groups excluding carboxylic acids is 1. The molecule has 0 spiro atoms. The van der Waals surface area contributed by atoms with Gasteiger partial charge in [-0.15, -0.1) is 0 Å². The second kappa shape index (κ2) is 6.79. The van der Waals surface area contributed by atoms with Gasteiger partial charge in [-0.2, -0.15) is 5.10 Å². The quantitative estimate of drug-likeness (QED) is 0.863. The number of amides is 1. The van der Waals surface area contributed by atoms with E-state index in [0.717, 1.165) is 37.9 Å². The van der Waals surface area contributed by atoms with E-state index in [0.29, 0.717) is 23.4 Å². The average molecular weight is 330 g/mol. The Labute approximate surface area is 142 Å². The third kappa shape index (κ3) is 3.68. The summed E-state index contributed by atoms with van der Waals surface area (Å²) >= 11 is 0. The van der Waals surface area contributed by atoms with Gasteiger partial charge in [0.15, 0.2) is 11.5 Å². The molecule has 0 aliphatic carbocycles. The van der Waals surface area contributed by atoms with E-state index in [1.807, 2.05) is 18.0 Å². The Bertz CT molecular complexity index is 705. The van der Waals surface area contributed by atoms with E-state index in [9.17, 15) is 4.79 Å². The smallest absolute Gasteiger partial charge is 0.276 e. The van der Waals surface area contributed by atoms with Crippen LogP contribution >= 0.6 is 0 Å². The first-order chi connectivity index (χ1) is 11.5. The highest BCUT2D eigenvalue weighted by atomic mass is 16.5. The van der Waals surface area contributed by atoms with Gasteiger partial charge in [-0.3, -0.25) is 9.48 Å². The van der Waals surface area contributed by atoms with Crippen molar-refractivity contribution >= 4 is 5.91 Å². The molecule has 1 atom stereocenters. The van der Waals surface area contributed by atoms with Gasteiger partial charge in [0.1, 0.15) is 6.54 Å². The summed E-state index contributed by atoms with van der Waals surface area (Å²) in [6.07, 6.45) is 8.16. The Balaban J connectivity index is 1.65. The number of rotatable bonds is 4. The number of aromatic nitrogens is 3. The Morgan fingerprint density at radius 2 is 2.21 bits per heavy atom. The monoisotopic (exact) mass is 330 g/mol. The van der Waals surface area contributed by atoms with Crippen LogP contribution in [0, 0.1) is 12.3 Å². The molecule has 1 amide bonds. The summed E-state index contributed by atoms with van der Waals surface area (Å²) in [5.41, 5.74) is 1.84. The molecule has 1 saturated heterocycles. The molecular weight excluding hydrogens is 304 g/mol. The van der Waals surface area contributed by atoms with Gasteiger partial charge in [0.05, 0.1) is 6.20 Å². The van der Waals surface area contributed by atoms with Crippen molar-refractivity contribution in [3.8, 4) is 0 Å². The molecule has 1 fully saturated rings. The van der Waals surface area contributed by atoms with Crippen LogP contribution in [0.4, 0.5) is 0 Å². The van der Waals surface area contributed by atoms with E-state index in [1.165, 1.54) is 6.42 Å². The van der Waals surface area contributed by atoms with Crippen molar-refractivity contribution in [1.82, 2.24) is 19.8 Å². The molecule has 0 bridgehead atoms. The number of hydrogen-bond acceptors (Lipinski definition) is 4. The standard InChI is InChI=1S/C18H26N4O2/c1-4-18(3)6-5-8-21(9-7-18)17(23)16-10-15(24-20-16)13-22-12-14(2)11-19-22/h10-12H,4-9,13H2,1-3H3/t18-/m0/s1. The Morgan fingerprint density at radius 1 is 1.38 bits per heavy atom. The van der Waals surface area contributed by atoms with Gasteiger partial charge in [0.2, 0.25) is 0 Å². The van der Waals surface area contributed by atoms with Crippen molar-refractivity contribution in [2.45, 2.75) is 53.0 Å². The van der Waals surface area contributed by atoms with E-state index in [-0.39, 0.29) is 5.91 Å². The molecule has 0 saturated carbocycles. The minimum absolute atomic E-state index is 0.0259. The number of carbonyl (C=O) groups is 1. The lowest BCUT2D eigenvalue weighted by Gasteiger charge is -2.26. The first-order valence-corrected chi connectivity index (χ1v) is 8.73. The largest absolute Gasteiger partial charge is 0.359 e. The Morgan fingerprint density at radius 3 is 2.92 bits per heavy atom. The van der Waals surface area contributed by atoms with Crippen LogP contribution in [0.15, 0.2) is 23.0 Å². The molecule has 0 unspecified atom stereocenters. The summed E-state index contributed by atoms with van der Waals surface area (Å²) in [5.74, 6) is 0.622. The van der Waals surface area contributed by atoms with Crippen molar-refractivity contribution in [3.05, 3.63) is 35.5 Å². The zero-order valence-electron chi connectivity index (χ0n) is 14.8. The Hall–Kier alpha value is -2.11. The minimum atomic E-state index is -0.0259. The van der Waals surface area contributed by atoms with Crippen molar-refractivity contribution in [2.24, 2.45) is 5.41 Å². The van der Waals surface area contributed by atoms with E-state index < -0.39 is 0 Å². The zero-order chi connectivity index (χ0) is 17.2. The molecular formula is C18H26N4O2. The van der Waals surface area contributed by atoms with Gasteiger partial charge in [-0.05, 0) is 37.2 Å². The first kappa shape index (κ1) is 16.7. The number of nitrogens with zero attached hydrogens (tertiary/aromatic N) is 4. The van der Waals surface area contributed by atoms with Crippen molar-refractivity contribution < 1.29 is 9.32 Å². The maximum absolute atomic E-state index is 12.7. The second-order valence-corrected chi connectivity index (χ2v) is 7.20. The van der Waals surface area contributed by atoms with Crippen LogP contribution in [0.25, 0.3) is 0 Å². The van der Waals surface area contributed by atoms with Crippen LogP contribution < -0.4 is 0 Å². The molecule has 0 N–H and O–H groups in total. The highest BCUT2D eigenvalue weighted by molar-refractivity contribution is 5.92. The molecule has 6 heteroatoms. The second-order valence-electron chi connectivity index (χ2n) is 7.20. The molecule has 3 rings (SSSR count). The van der Waals surface area contributed by atoms with Gasteiger partial charge in [0.25, 0.3) is 5.91 Å². The fourth-order valence-corrected chi connectivity index (χ4v) is 3.26. The maximum atomic E-state index is 12.7. The van der Waals surface area contributed by atoms with Gasteiger partial charge < -0.3 is 9.42 Å². The predicted octanol–water partition coefficient (Wildman–Crippen LogP) is 3.27. The topological polar surface area (TPSA) is 64.2 Å². The van der Waals surface area contributed by atoms with E-state index >= 15 is 0 Å². The normalized spacial score (nSPS) is 21.7.